The predicted octanol–water partition coefficient (Wildman–Crippen LogP) is 3.75. The summed E-state index contributed by atoms with van der Waals surface area (Å²) in [6.07, 6.45) is -2.73. The molecule has 1 fully saturated rings. The summed E-state index contributed by atoms with van der Waals surface area (Å²) >= 11 is 0. The van der Waals surface area contributed by atoms with Gasteiger partial charge < -0.3 is 20.1 Å². The van der Waals surface area contributed by atoms with E-state index in [4.69, 9.17) is 0 Å². The van der Waals surface area contributed by atoms with E-state index < -0.39 is 18.1 Å². The van der Waals surface area contributed by atoms with Crippen molar-refractivity contribution in [1.82, 2.24) is 19.5 Å². The predicted molar refractivity (Wildman–Crippen MR) is 111 cm³/mol. The minimum atomic E-state index is -4.86. The van der Waals surface area contributed by atoms with Gasteiger partial charge in [0.25, 0.3) is 0 Å². The van der Waals surface area contributed by atoms with Crippen LogP contribution in [0.25, 0.3) is 16.9 Å². The van der Waals surface area contributed by atoms with Gasteiger partial charge in [0.15, 0.2) is 11.3 Å². The number of hydrogen-bond donors (Lipinski definition) is 2. The van der Waals surface area contributed by atoms with Gasteiger partial charge >= 0.3 is 12.3 Å². The number of ether oxygens (including phenoxy) is 1. The quantitative estimate of drug-likeness (QED) is 0.592. The first-order valence-electron chi connectivity index (χ1n) is 10.1. The highest BCUT2D eigenvalue weighted by Crippen LogP contribution is 2.30. The molecule has 4 rings (SSSR count). The van der Waals surface area contributed by atoms with Crippen LogP contribution in [0.4, 0.5) is 19.0 Å². The molecule has 0 spiro atoms. The number of nitrogens with one attached hydrogen (secondary N) is 1. The average molecular weight is 449 g/mol. The first kappa shape index (κ1) is 21.9. The van der Waals surface area contributed by atoms with Crippen LogP contribution in [0.5, 0.6) is 5.75 Å². The van der Waals surface area contributed by atoms with Gasteiger partial charge in [-0.05, 0) is 63.2 Å². The highest BCUT2D eigenvalue weighted by molar-refractivity contribution is 5.94. The molecule has 3 heterocycles. The monoisotopic (exact) mass is 449 g/mol. The molecular formula is C21H22F3N5O3. The summed E-state index contributed by atoms with van der Waals surface area (Å²) in [7, 11) is 2.09. The Kier molecular flexibility index (Phi) is 5.92. The number of alkyl halides is 3. The maximum atomic E-state index is 12.6. The lowest BCUT2D eigenvalue weighted by Crippen LogP contribution is -2.33. The van der Waals surface area contributed by atoms with Crippen molar-refractivity contribution in [3.8, 4) is 17.0 Å². The Balaban J connectivity index is 1.66. The third-order valence-corrected chi connectivity index (χ3v) is 5.43. The molecule has 1 aromatic carbocycles. The highest BCUT2D eigenvalue weighted by Gasteiger charge is 2.31. The summed E-state index contributed by atoms with van der Waals surface area (Å²) in [6, 6.07) is 8.42. The van der Waals surface area contributed by atoms with Crippen LogP contribution in [0.1, 0.15) is 23.3 Å². The number of benzene rings is 1. The van der Waals surface area contributed by atoms with Crippen LogP contribution >= 0.6 is 0 Å². The molecule has 0 radical (unpaired) electrons. The fourth-order valence-electron chi connectivity index (χ4n) is 3.79. The zero-order valence-corrected chi connectivity index (χ0v) is 17.3. The molecule has 32 heavy (non-hydrogen) atoms. The Hall–Kier alpha value is -3.34. The first-order valence-corrected chi connectivity index (χ1v) is 10.1. The van der Waals surface area contributed by atoms with Crippen LogP contribution in [-0.2, 0) is 0 Å². The number of aromatic carboxylic acids is 1. The molecule has 0 unspecified atom stereocenters. The molecule has 11 heteroatoms. The lowest BCUT2D eigenvalue weighted by Gasteiger charge is -2.29. The second-order valence-electron chi connectivity index (χ2n) is 7.81. The van der Waals surface area contributed by atoms with Gasteiger partial charge in [0.1, 0.15) is 17.3 Å². The number of likely N-dealkylation sites (tertiary alicyclic amines) is 1. The number of fused-ring (bicyclic) bond motifs is 1. The van der Waals surface area contributed by atoms with Gasteiger partial charge in [0.05, 0.1) is 0 Å². The van der Waals surface area contributed by atoms with Gasteiger partial charge in [-0.25, -0.2) is 14.3 Å². The van der Waals surface area contributed by atoms with E-state index in [1.807, 2.05) is 0 Å². The first-order chi connectivity index (χ1) is 15.2. The number of aromatic nitrogens is 3. The van der Waals surface area contributed by atoms with E-state index in [0.29, 0.717) is 11.7 Å². The van der Waals surface area contributed by atoms with E-state index in [0.717, 1.165) is 44.6 Å². The number of halogens is 3. The van der Waals surface area contributed by atoms with Crippen molar-refractivity contribution in [3.05, 3.63) is 42.1 Å². The number of carboxylic acids is 1. The van der Waals surface area contributed by atoms with Crippen molar-refractivity contribution in [1.29, 1.82) is 0 Å². The molecule has 0 aliphatic carbocycles. The van der Waals surface area contributed by atoms with Gasteiger partial charge in [-0.3, -0.25) is 0 Å². The van der Waals surface area contributed by atoms with Crippen molar-refractivity contribution in [2.75, 3.05) is 32.0 Å². The number of rotatable bonds is 6. The van der Waals surface area contributed by atoms with Gasteiger partial charge in [-0.15, -0.1) is 18.3 Å². The van der Waals surface area contributed by atoms with E-state index in [9.17, 15) is 23.1 Å². The van der Waals surface area contributed by atoms with Crippen molar-refractivity contribution in [2.45, 2.75) is 19.2 Å². The third-order valence-electron chi connectivity index (χ3n) is 5.43. The fraction of sp³-hybridized carbons (Fsp3) is 0.381. The number of carboxylic acid groups (broad SMARTS) is 1. The minimum absolute atomic E-state index is 0.0723. The Labute approximate surface area is 181 Å². The third kappa shape index (κ3) is 4.93. The summed E-state index contributed by atoms with van der Waals surface area (Å²) in [6.45, 7) is 2.78. The molecule has 0 saturated carbocycles. The Morgan fingerprint density at radius 2 is 2.00 bits per heavy atom. The number of carbonyl (C=O) groups is 1. The Bertz CT molecular complexity index is 1120. The smallest absolute Gasteiger partial charge is 0.476 e. The Morgan fingerprint density at radius 1 is 1.25 bits per heavy atom. The number of nitrogens with zero attached hydrogens (tertiary/aromatic N) is 4. The van der Waals surface area contributed by atoms with Gasteiger partial charge in [-0.1, -0.05) is 12.1 Å². The highest BCUT2D eigenvalue weighted by atomic mass is 19.4. The lowest BCUT2D eigenvalue weighted by atomic mass is 9.97. The van der Waals surface area contributed by atoms with E-state index in [1.54, 1.807) is 12.1 Å². The van der Waals surface area contributed by atoms with Gasteiger partial charge in [-0.2, -0.15) is 0 Å². The average Bonchev–Trinajstić information content (AvgIpc) is 3.11. The number of hydrogen-bond acceptors (Lipinski definition) is 6. The van der Waals surface area contributed by atoms with E-state index >= 15 is 0 Å². The van der Waals surface area contributed by atoms with Crippen molar-refractivity contribution < 1.29 is 27.8 Å². The second-order valence-corrected chi connectivity index (χ2v) is 7.81. The van der Waals surface area contributed by atoms with Crippen molar-refractivity contribution in [3.63, 3.8) is 0 Å². The molecule has 1 aliphatic heterocycles. The van der Waals surface area contributed by atoms with Crippen molar-refractivity contribution >= 4 is 17.4 Å². The summed E-state index contributed by atoms with van der Waals surface area (Å²) in [5, 5.41) is 17.4. The van der Waals surface area contributed by atoms with E-state index in [2.05, 4.69) is 32.1 Å². The normalized spacial score (nSPS) is 15.8. The summed E-state index contributed by atoms with van der Waals surface area (Å²) in [5.74, 6) is -0.752. The van der Waals surface area contributed by atoms with Crippen LogP contribution < -0.4 is 10.1 Å². The maximum Gasteiger partial charge on any atom is 0.573 e. The largest absolute Gasteiger partial charge is 0.573 e. The molecular weight excluding hydrogens is 427 g/mol. The summed E-state index contributed by atoms with van der Waals surface area (Å²) in [4.78, 5) is 18.2. The number of piperidine rings is 1. The molecule has 0 amide bonds. The zero-order chi connectivity index (χ0) is 22.9. The topological polar surface area (TPSA) is 92.0 Å². The molecule has 2 aromatic heterocycles. The van der Waals surface area contributed by atoms with Crippen LogP contribution in [0.15, 0.2) is 36.4 Å². The van der Waals surface area contributed by atoms with Crippen molar-refractivity contribution in [2.24, 2.45) is 5.92 Å². The van der Waals surface area contributed by atoms with Gasteiger partial charge in [0, 0.05) is 12.1 Å². The maximum absolute atomic E-state index is 12.6. The zero-order valence-electron chi connectivity index (χ0n) is 17.3. The molecule has 1 saturated heterocycles. The molecule has 3 aromatic rings. The fourth-order valence-corrected chi connectivity index (χ4v) is 3.79. The molecule has 8 nitrogen and oxygen atoms in total. The SMILES string of the molecule is CN1CCC(CNc2ccc3nc(C(=O)O)c(-c4cccc(OC(F)(F)F)c4)n3n2)CC1. The van der Waals surface area contributed by atoms with Gasteiger partial charge in [0.2, 0.25) is 0 Å². The molecule has 2 N–H and O–H groups in total. The number of imidazole rings is 1. The second kappa shape index (κ2) is 8.65. The molecule has 170 valence electrons. The van der Waals surface area contributed by atoms with Crippen LogP contribution in [0.3, 0.4) is 0 Å². The summed E-state index contributed by atoms with van der Waals surface area (Å²) < 4.78 is 43.2. The van der Waals surface area contributed by atoms with E-state index in [-0.39, 0.29) is 22.6 Å². The minimum Gasteiger partial charge on any atom is -0.476 e. The van der Waals surface area contributed by atoms with Crippen LogP contribution in [0, 0.1) is 5.92 Å². The molecule has 0 bridgehead atoms. The molecule has 1 aliphatic rings. The Morgan fingerprint density at radius 3 is 2.69 bits per heavy atom. The lowest BCUT2D eigenvalue weighted by molar-refractivity contribution is -0.274. The van der Waals surface area contributed by atoms with Crippen LogP contribution in [0.2, 0.25) is 0 Å². The molecule has 0 atom stereocenters. The number of anilines is 1. The van der Waals surface area contributed by atoms with E-state index in [1.165, 1.54) is 16.6 Å². The summed E-state index contributed by atoms with van der Waals surface area (Å²) in [5.41, 5.74) is 0.221. The standard InChI is InChI=1S/C21H22F3N5O3/c1-28-9-7-13(8-10-28)12-25-16-5-6-17-26-18(20(30)31)19(29(17)27-16)14-3-2-4-15(11-14)32-21(22,23)24/h2-6,11,13H,7-10,12H2,1H3,(H,25,27)(H,30,31). The van der Waals surface area contributed by atoms with Crippen LogP contribution in [-0.4, -0.2) is 63.6 Å².